The summed E-state index contributed by atoms with van der Waals surface area (Å²) in [6.07, 6.45) is 0. The van der Waals surface area contributed by atoms with Crippen LogP contribution in [0.25, 0.3) is 11.5 Å². The number of hydrogen-bond donors (Lipinski definition) is 1. The Morgan fingerprint density at radius 3 is 3.00 bits per heavy atom. The maximum atomic E-state index is 12.3. The van der Waals surface area contributed by atoms with Crippen LogP contribution in [-0.4, -0.2) is 48.3 Å². The highest BCUT2D eigenvalue weighted by Crippen LogP contribution is 2.26. The Labute approximate surface area is 138 Å². The minimum Gasteiger partial charge on any atom is -0.435 e. The van der Waals surface area contributed by atoms with Crippen LogP contribution in [0.15, 0.2) is 28.8 Å². The van der Waals surface area contributed by atoms with Crippen molar-refractivity contribution < 1.29 is 18.0 Å². The van der Waals surface area contributed by atoms with E-state index in [0.717, 1.165) is 19.6 Å². The molecule has 23 heavy (non-hydrogen) atoms. The summed E-state index contributed by atoms with van der Waals surface area (Å²) in [7, 11) is 2.00. The van der Waals surface area contributed by atoms with Gasteiger partial charge in [0.2, 0.25) is 0 Å². The van der Waals surface area contributed by atoms with Gasteiger partial charge in [0, 0.05) is 25.2 Å². The van der Waals surface area contributed by atoms with E-state index >= 15 is 0 Å². The third kappa shape index (κ3) is 4.15. The summed E-state index contributed by atoms with van der Waals surface area (Å²) in [4.78, 5) is 6.51. The van der Waals surface area contributed by atoms with E-state index in [2.05, 4.69) is 25.1 Å². The fourth-order valence-corrected chi connectivity index (χ4v) is 2.39. The molecule has 1 saturated heterocycles. The molecule has 1 aliphatic rings. The van der Waals surface area contributed by atoms with Crippen LogP contribution < -0.4 is 10.1 Å². The monoisotopic (exact) mass is 346 g/mol. The molecule has 1 fully saturated rings. The summed E-state index contributed by atoms with van der Waals surface area (Å²) >= 11 is 0. The normalized spacial score (nSPS) is 18.7. The zero-order chi connectivity index (χ0) is 15.5. The number of ether oxygens (including phenoxy) is 1. The number of aromatic nitrogens is 2. The number of halogens is 3. The number of alkyl halides is 2. The first kappa shape index (κ1) is 17.6. The number of piperazine rings is 1. The molecule has 0 spiro atoms. The predicted octanol–water partition coefficient (Wildman–Crippen LogP) is 2.34. The van der Waals surface area contributed by atoms with Crippen molar-refractivity contribution in [3.63, 3.8) is 0 Å². The highest BCUT2D eigenvalue weighted by molar-refractivity contribution is 5.85. The summed E-state index contributed by atoms with van der Waals surface area (Å²) < 4.78 is 34.1. The van der Waals surface area contributed by atoms with Gasteiger partial charge in [-0.15, -0.1) is 12.4 Å². The lowest BCUT2D eigenvalue weighted by atomic mass is 10.2. The first-order valence-corrected chi connectivity index (χ1v) is 6.93. The lowest BCUT2D eigenvalue weighted by molar-refractivity contribution is -0.0498. The van der Waals surface area contributed by atoms with Crippen LogP contribution >= 0.6 is 12.4 Å². The van der Waals surface area contributed by atoms with Crippen LogP contribution in [0, 0.1) is 0 Å². The maximum Gasteiger partial charge on any atom is 0.387 e. The molecule has 2 heterocycles. The van der Waals surface area contributed by atoms with E-state index in [1.54, 1.807) is 12.1 Å². The molecule has 0 amide bonds. The third-order valence-corrected chi connectivity index (χ3v) is 3.56. The van der Waals surface area contributed by atoms with Gasteiger partial charge in [-0.25, -0.2) is 0 Å². The Bertz CT molecular complexity index is 641. The highest BCUT2D eigenvalue weighted by atomic mass is 35.5. The van der Waals surface area contributed by atoms with Crippen molar-refractivity contribution in [1.29, 1.82) is 0 Å². The quantitative estimate of drug-likeness (QED) is 0.916. The van der Waals surface area contributed by atoms with Crippen LogP contribution in [0.2, 0.25) is 0 Å². The number of hydrogen-bond acceptors (Lipinski definition) is 6. The van der Waals surface area contributed by atoms with Crippen molar-refractivity contribution >= 4 is 12.4 Å². The molecule has 126 valence electrons. The smallest absolute Gasteiger partial charge is 0.387 e. The van der Waals surface area contributed by atoms with Gasteiger partial charge < -0.3 is 14.6 Å². The van der Waals surface area contributed by atoms with E-state index in [0.29, 0.717) is 11.4 Å². The number of nitrogens with one attached hydrogen (secondary N) is 1. The molecule has 6 nitrogen and oxygen atoms in total. The van der Waals surface area contributed by atoms with Gasteiger partial charge in [-0.05, 0) is 25.2 Å². The molecule has 9 heteroatoms. The average molecular weight is 347 g/mol. The first-order valence-electron chi connectivity index (χ1n) is 6.93. The minimum absolute atomic E-state index is 0. The van der Waals surface area contributed by atoms with Gasteiger partial charge >= 0.3 is 6.61 Å². The Hall–Kier alpha value is -1.77. The molecule has 0 saturated carbocycles. The van der Waals surface area contributed by atoms with Crippen molar-refractivity contribution in [2.75, 3.05) is 26.7 Å². The predicted molar refractivity (Wildman–Crippen MR) is 81.9 cm³/mol. The van der Waals surface area contributed by atoms with Crippen molar-refractivity contribution in [3.05, 3.63) is 30.1 Å². The number of rotatable bonds is 4. The Morgan fingerprint density at radius 2 is 2.26 bits per heavy atom. The molecule has 1 aromatic heterocycles. The van der Waals surface area contributed by atoms with Crippen LogP contribution in [-0.2, 0) is 0 Å². The van der Waals surface area contributed by atoms with Gasteiger partial charge in [0.25, 0.3) is 5.89 Å². The van der Waals surface area contributed by atoms with Gasteiger partial charge in [0.15, 0.2) is 5.82 Å². The first-order chi connectivity index (χ1) is 10.6. The van der Waals surface area contributed by atoms with Crippen molar-refractivity contribution in [1.82, 2.24) is 20.4 Å². The number of benzene rings is 1. The second-order valence-corrected chi connectivity index (χ2v) is 5.06. The topological polar surface area (TPSA) is 63.4 Å². The van der Waals surface area contributed by atoms with E-state index in [4.69, 9.17) is 4.52 Å². The summed E-state index contributed by atoms with van der Waals surface area (Å²) in [5.41, 5.74) is 0.545. The number of likely N-dealkylation sites (N-methyl/N-ethyl adjacent to an activating group) is 1. The van der Waals surface area contributed by atoms with E-state index in [1.807, 2.05) is 7.05 Å². The molecule has 1 atom stereocenters. The van der Waals surface area contributed by atoms with E-state index < -0.39 is 6.61 Å². The molecule has 1 unspecified atom stereocenters. The van der Waals surface area contributed by atoms with E-state index in [-0.39, 0.29) is 30.1 Å². The van der Waals surface area contributed by atoms with Gasteiger partial charge in [-0.2, -0.15) is 13.8 Å². The molecule has 2 aromatic rings. The number of nitrogens with zero attached hydrogens (tertiary/aromatic N) is 3. The summed E-state index contributed by atoms with van der Waals surface area (Å²) in [5, 5.41) is 7.28. The van der Waals surface area contributed by atoms with Crippen LogP contribution in [0.3, 0.4) is 0 Å². The SMILES string of the molecule is CN1CCNCC1c1noc(-c2cccc(OC(F)F)c2)n1.Cl. The lowest BCUT2D eigenvalue weighted by Crippen LogP contribution is -2.44. The second-order valence-electron chi connectivity index (χ2n) is 5.06. The van der Waals surface area contributed by atoms with E-state index in [1.165, 1.54) is 12.1 Å². The summed E-state index contributed by atoms with van der Waals surface area (Å²) in [6, 6.07) is 6.24. The fourth-order valence-electron chi connectivity index (χ4n) is 2.39. The zero-order valence-corrected chi connectivity index (χ0v) is 13.2. The average Bonchev–Trinajstić information content (AvgIpc) is 2.97. The largest absolute Gasteiger partial charge is 0.435 e. The van der Waals surface area contributed by atoms with Crippen molar-refractivity contribution in [2.45, 2.75) is 12.7 Å². The maximum absolute atomic E-state index is 12.3. The molecular weight excluding hydrogens is 330 g/mol. The molecule has 0 aliphatic carbocycles. The standard InChI is InChI=1S/C14H16F2N4O2.ClH/c1-20-6-5-17-8-11(20)12-18-13(22-19-12)9-3-2-4-10(7-9)21-14(15)16;/h2-4,7,11,14,17H,5-6,8H2,1H3;1H. The molecule has 3 rings (SSSR count). The third-order valence-electron chi connectivity index (χ3n) is 3.56. The molecule has 1 aromatic carbocycles. The van der Waals surface area contributed by atoms with Crippen LogP contribution in [0.1, 0.15) is 11.9 Å². The van der Waals surface area contributed by atoms with Gasteiger partial charge in [0.05, 0.1) is 6.04 Å². The van der Waals surface area contributed by atoms with Crippen LogP contribution in [0.4, 0.5) is 8.78 Å². The van der Waals surface area contributed by atoms with Gasteiger partial charge in [-0.3, -0.25) is 4.90 Å². The molecular formula is C14H17ClF2N4O2. The van der Waals surface area contributed by atoms with Crippen LogP contribution in [0.5, 0.6) is 5.75 Å². The van der Waals surface area contributed by atoms with Gasteiger partial charge in [0.1, 0.15) is 5.75 Å². The van der Waals surface area contributed by atoms with Crippen molar-refractivity contribution in [3.8, 4) is 17.2 Å². The highest BCUT2D eigenvalue weighted by Gasteiger charge is 2.25. The fraction of sp³-hybridized carbons (Fsp3) is 0.429. The lowest BCUT2D eigenvalue weighted by Gasteiger charge is -2.30. The zero-order valence-electron chi connectivity index (χ0n) is 12.4. The minimum atomic E-state index is -2.87. The summed E-state index contributed by atoms with van der Waals surface area (Å²) in [6.45, 7) is -0.309. The molecule has 0 radical (unpaired) electrons. The Balaban J connectivity index is 0.00000192. The van der Waals surface area contributed by atoms with E-state index in [9.17, 15) is 8.78 Å². The molecule has 0 bridgehead atoms. The second kappa shape index (κ2) is 7.67. The molecule has 1 N–H and O–H groups in total. The van der Waals surface area contributed by atoms with Gasteiger partial charge in [-0.1, -0.05) is 11.2 Å². The summed E-state index contributed by atoms with van der Waals surface area (Å²) in [5.74, 6) is 0.919. The Morgan fingerprint density at radius 1 is 1.43 bits per heavy atom. The Kier molecular flexibility index (Phi) is 5.86. The van der Waals surface area contributed by atoms with Crippen molar-refractivity contribution in [2.24, 2.45) is 0 Å². The molecule has 1 aliphatic heterocycles.